The molecule has 0 atom stereocenters. The summed E-state index contributed by atoms with van der Waals surface area (Å²) < 4.78 is 0. The number of hydrogen-bond donors (Lipinski definition) is 2. The molecule has 0 aliphatic carbocycles. The molecule has 0 amide bonds. The van der Waals surface area contributed by atoms with E-state index in [1.165, 1.54) is 13.0 Å². The topological polar surface area (TPSA) is 62.0 Å². The van der Waals surface area contributed by atoms with E-state index in [1.807, 2.05) is 0 Å². The Kier molecular flexibility index (Phi) is 4.98. The van der Waals surface area contributed by atoms with Crippen LogP contribution in [-0.4, -0.2) is 10.8 Å². The highest BCUT2D eigenvalue weighted by Crippen LogP contribution is 2.30. The molecule has 25 heavy (non-hydrogen) atoms. The molecule has 128 valence electrons. The van der Waals surface area contributed by atoms with Gasteiger partial charge in [0.05, 0.1) is 20.9 Å². The molecule has 0 saturated heterocycles. The van der Waals surface area contributed by atoms with Crippen molar-refractivity contribution in [3.8, 4) is 0 Å². The van der Waals surface area contributed by atoms with Crippen LogP contribution in [-0.2, 0) is 0 Å². The number of ketones is 1. The van der Waals surface area contributed by atoms with Crippen molar-refractivity contribution >= 4 is 74.6 Å². The Morgan fingerprint density at radius 2 is 1.60 bits per heavy atom. The second kappa shape index (κ2) is 6.89. The lowest BCUT2D eigenvalue weighted by Gasteiger charge is -2.13. The molecule has 0 saturated carbocycles. The molecule has 0 aliphatic heterocycles. The summed E-state index contributed by atoms with van der Waals surface area (Å²) in [5, 5.41) is 4.45. The maximum atomic E-state index is 12.8. The molecule has 1 aromatic heterocycles. The van der Waals surface area contributed by atoms with Crippen molar-refractivity contribution < 1.29 is 4.79 Å². The van der Waals surface area contributed by atoms with Crippen LogP contribution in [0.3, 0.4) is 0 Å². The number of carbonyl (C=O) groups is 1. The summed E-state index contributed by atoms with van der Waals surface area (Å²) in [6, 6.07) is 7.86. The van der Waals surface area contributed by atoms with Gasteiger partial charge in [-0.05, 0) is 37.3 Å². The van der Waals surface area contributed by atoms with Gasteiger partial charge in [0.2, 0.25) is 5.43 Å². The number of benzene rings is 2. The highest BCUT2D eigenvalue weighted by atomic mass is 35.5. The van der Waals surface area contributed by atoms with Gasteiger partial charge in [0, 0.05) is 15.7 Å². The van der Waals surface area contributed by atoms with Crippen molar-refractivity contribution in [2.24, 2.45) is 0 Å². The second-order valence-electron chi connectivity index (χ2n) is 5.32. The minimum absolute atomic E-state index is 0.0623. The van der Waals surface area contributed by atoms with Crippen molar-refractivity contribution in [2.45, 2.75) is 6.92 Å². The number of H-pyrrole nitrogens is 1. The van der Waals surface area contributed by atoms with Crippen LogP contribution in [0, 0.1) is 0 Å². The van der Waals surface area contributed by atoms with Gasteiger partial charge in [-0.15, -0.1) is 0 Å². The number of pyridine rings is 1. The number of rotatable bonds is 3. The fourth-order valence-electron chi connectivity index (χ4n) is 2.52. The zero-order valence-electron chi connectivity index (χ0n) is 12.7. The number of halogens is 4. The number of fused-ring (bicyclic) bond motifs is 1. The zero-order chi connectivity index (χ0) is 18.3. The average Bonchev–Trinajstić information content (AvgIpc) is 2.49. The van der Waals surface area contributed by atoms with E-state index >= 15 is 0 Å². The molecule has 0 spiro atoms. The first-order valence-corrected chi connectivity index (χ1v) is 8.57. The Labute approximate surface area is 162 Å². The molecule has 2 N–H and O–H groups in total. The van der Waals surface area contributed by atoms with Gasteiger partial charge < -0.3 is 10.3 Å². The molecule has 3 rings (SSSR count). The summed E-state index contributed by atoms with van der Waals surface area (Å²) in [4.78, 5) is 27.9. The minimum Gasteiger partial charge on any atom is -0.341 e. The number of aromatic amines is 1. The summed E-state index contributed by atoms with van der Waals surface area (Å²) in [6.07, 6.45) is 0. The molecular weight excluding hydrogens is 406 g/mol. The molecule has 4 nitrogen and oxygen atoms in total. The number of carbonyl (C=O) groups excluding carboxylic acids is 1. The smallest absolute Gasteiger partial charge is 0.203 e. The Bertz CT molecular complexity index is 1060. The lowest BCUT2D eigenvalue weighted by molar-refractivity contribution is 0.101. The Morgan fingerprint density at radius 3 is 2.20 bits per heavy atom. The summed E-state index contributed by atoms with van der Waals surface area (Å²) in [6.45, 7) is 1.30. The van der Waals surface area contributed by atoms with Gasteiger partial charge >= 0.3 is 0 Å². The number of Topliss-reactive ketones (excluding diaryl/α,β-unsaturated/α-hetero) is 1. The molecule has 1 heterocycles. The molecule has 2 aromatic carbocycles. The summed E-state index contributed by atoms with van der Waals surface area (Å²) in [7, 11) is 0. The molecule has 0 aliphatic rings. The van der Waals surface area contributed by atoms with E-state index in [9.17, 15) is 9.59 Å². The fraction of sp³-hybridized carbons (Fsp3) is 0.0588. The number of hydrogen-bond acceptors (Lipinski definition) is 3. The van der Waals surface area contributed by atoms with Gasteiger partial charge in [0.15, 0.2) is 5.78 Å². The highest BCUT2D eigenvalue weighted by molar-refractivity contribution is 6.40. The summed E-state index contributed by atoms with van der Waals surface area (Å²) in [5.74, 6) is -0.234. The van der Waals surface area contributed by atoms with Gasteiger partial charge in [-0.2, -0.15) is 0 Å². The maximum Gasteiger partial charge on any atom is 0.203 e. The van der Waals surface area contributed by atoms with Gasteiger partial charge in [0.1, 0.15) is 11.4 Å². The number of nitrogens with one attached hydrogen (secondary N) is 2. The van der Waals surface area contributed by atoms with Gasteiger partial charge in [-0.25, -0.2) is 0 Å². The van der Waals surface area contributed by atoms with Crippen molar-refractivity contribution in [1.82, 2.24) is 4.98 Å². The van der Waals surface area contributed by atoms with E-state index in [0.717, 1.165) is 0 Å². The molecule has 3 aromatic rings. The summed E-state index contributed by atoms with van der Waals surface area (Å²) >= 11 is 24.3. The highest BCUT2D eigenvalue weighted by Gasteiger charge is 2.19. The quantitative estimate of drug-likeness (QED) is 0.509. The zero-order valence-corrected chi connectivity index (χ0v) is 15.7. The largest absolute Gasteiger partial charge is 0.341 e. The van der Waals surface area contributed by atoms with Crippen LogP contribution in [0.15, 0.2) is 35.1 Å². The van der Waals surface area contributed by atoms with Crippen LogP contribution < -0.4 is 10.7 Å². The van der Waals surface area contributed by atoms with Crippen molar-refractivity contribution in [1.29, 1.82) is 0 Å². The van der Waals surface area contributed by atoms with Gasteiger partial charge in [0.25, 0.3) is 0 Å². The average molecular weight is 416 g/mol. The number of anilines is 2. The standard InChI is InChI=1S/C17H10Cl4N2O2/c1-7(24)13-16(25)14-11(20)2-3-12(21)15(14)23-17(13)22-10-5-8(18)4-9(19)6-10/h2-6H,1H3,(H2,22,23,25). The van der Waals surface area contributed by atoms with Crippen LogP contribution in [0.1, 0.15) is 17.3 Å². The molecule has 0 radical (unpaired) electrons. The lowest BCUT2D eigenvalue weighted by atomic mass is 10.1. The maximum absolute atomic E-state index is 12.8. The van der Waals surface area contributed by atoms with Crippen LogP contribution in [0.25, 0.3) is 10.9 Å². The first kappa shape index (κ1) is 18.1. The minimum atomic E-state index is -0.510. The van der Waals surface area contributed by atoms with Gasteiger partial charge in [-0.1, -0.05) is 46.4 Å². The second-order valence-corrected chi connectivity index (χ2v) is 7.01. The molecule has 0 bridgehead atoms. The Hall–Kier alpha value is -1.72. The van der Waals surface area contributed by atoms with E-state index < -0.39 is 11.2 Å². The monoisotopic (exact) mass is 414 g/mol. The molecule has 0 fully saturated rings. The lowest BCUT2D eigenvalue weighted by Crippen LogP contribution is -2.18. The van der Waals surface area contributed by atoms with Crippen LogP contribution >= 0.6 is 46.4 Å². The predicted octanol–water partition coefficient (Wildman–Crippen LogP) is 6.09. The van der Waals surface area contributed by atoms with E-state index in [2.05, 4.69) is 10.3 Å². The third kappa shape index (κ3) is 3.48. The fourth-order valence-corrected chi connectivity index (χ4v) is 3.50. The van der Waals surface area contributed by atoms with Crippen molar-refractivity contribution in [3.63, 3.8) is 0 Å². The van der Waals surface area contributed by atoms with Crippen LogP contribution in [0.5, 0.6) is 0 Å². The third-order valence-electron chi connectivity index (χ3n) is 3.54. The van der Waals surface area contributed by atoms with Crippen LogP contribution in [0.4, 0.5) is 11.5 Å². The Morgan fingerprint density at radius 1 is 1.00 bits per heavy atom. The van der Waals surface area contributed by atoms with E-state index in [0.29, 0.717) is 26.3 Å². The van der Waals surface area contributed by atoms with Gasteiger partial charge in [-0.3, -0.25) is 9.59 Å². The van der Waals surface area contributed by atoms with E-state index in [1.54, 1.807) is 24.3 Å². The predicted molar refractivity (Wildman–Crippen MR) is 104 cm³/mol. The Balaban J connectivity index is 2.30. The normalized spacial score (nSPS) is 10.9. The first-order valence-electron chi connectivity index (χ1n) is 7.06. The molecular formula is C17H10Cl4N2O2. The molecule has 0 unspecified atom stereocenters. The third-order valence-corrected chi connectivity index (χ3v) is 4.61. The molecule has 8 heteroatoms. The SMILES string of the molecule is CC(=O)c1c(Nc2cc(Cl)cc(Cl)c2)[nH]c2c(Cl)ccc(Cl)c2c1=O. The van der Waals surface area contributed by atoms with E-state index in [4.69, 9.17) is 46.4 Å². The van der Waals surface area contributed by atoms with E-state index in [-0.39, 0.29) is 21.8 Å². The van der Waals surface area contributed by atoms with Crippen LogP contribution in [0.2, 0.25) is 20.1 Å². The van der Waals surface area contributed by atoms with Crippen molar-refractivity contribution in [2.75, 3.05) is 5.32 Å². The first-order chi connectivity index (χ1) is 11.8. The van der Waals surface area contributed by atoms with Crippen molar-refractivity contribution in [3.05, 3.63) is 66.2 Å². The number of aromatic nitrogens is 1. The summed E-state index contributed by atoms with van der Waals surface area (Å²) in [5.41, 5.74) is 0.269.